The van der Waals surface area contributed by atoms with Crippen molar-refractivity contribution in [3.05, 3.63) is 51.4 Å². The first kappa shape index (κ1) is 13.7. The molecule has 1 aromatic carbocycles. The molecule has 1 aliphatic rings. The van der Waals surface area contributed by atoms with Gasteiger partial charge in [0.25, 0.3) is 0 Å². The first-order chi connectivity index (χ1) is 9.67. The largest absolute Gasteiger partial charge is 0.493 e. The van der Waals surface area contributed by atoms with E-state index in [1.165, 1.54) is 5.56 Å². The van der Waals surface area contributed by atoms with E-state index in [9.17, 15) is 0 Å². The van der Waals surface area contributed by atoms with Crippen LogP contribution in [0.5, 0.6) is 5.75 Å². The lowest BCUT2D eigenvalue weighted by Crippen LogP contribution is -2.29. The van der Waals surface area contributed by atoms with Crippen LogP contribution in [-0.2, 0) is 12.8 Å². The van der Waals surface area contributed by atoms with E-state index in [-0.39, 0.29) is 6.04 Å². The van der Waals surface area contributed by atoms with Crippen molar-refractivity contribution in [1.29, 1.82) is 0 Å². The fourth-order valence-corrected chi connectivity index (χ4v) is 3.15. The number of furan rings is 1. The third kappa shape index (κ3) is 2.61. The predicted molar refractivity (Wildman–Crippen MR) is 80.6 cm³/mol. The van der Waals surface area contributed by atoms with E-state index in [1.54, 1.807) is 0 Å². The third-order valence-corrected chi connectivity index (χ3v) is 4.01. The van der Waals surface area contributed by atoms with Crippen molar-refractivity contribution in [3.8, 4) is 5.75 Å². The number of rotatable bonds is 4. The Morgan fingerprint density at radius 2 is 2.25 bits per heavy atom. The van der Waals surface area contributed by atoms with Gasteiger partial charge in [0.1, 0.15) is 17.3 Å². The molecule has 4 nitrogen and oxygen atoms in total. The van der Waals surface area contributed by atoms with Crippen molar-refractivity contribution < 1.29 is 9.15 Å². The Morgan fingerprint density at radius 3 is 2.95 bits per heavy atom. The maximum absolute atomic E-state index is 5.75. The molecule has 0 fully saturated rings. The molecule has 0 bridgehead atoms. The minimum absolute atomic E-state index is 0.0636. The zero-order chi connectivity index (χ0) is 14.1. The number of halogens is 1. The van der Waals surface area contributed by atoms with E-state index in [4.69, 9.17) is 15.0 Å². The molecule has 20 heavy (non-hydrogen) atoms. The van der Waals surface area contributed by atoms with Gasteiger partial charge in [0.15, 0.2) is 0 Å². The number of hydrazine groups is 1. The number of benzene rings is 1. The predicted octanol–water partition coefficient (Wildman–Crippen LogP) is 3.03. The van der Waals surface area contributed by atoms with Gasteiger partial charge in [-0.3, -0.25) is 5.84 Å². The van der Waals surface area contributed by atoms with Gasteiger partial charge in [-0.25, -0.2) is 5.43 Å². The maximum Gasteiger partial charge on any atom is 0.125 e. The standard InChI is InChI=1S/C15H17BrN2O2/c1-9-2-3-14(20-9)13(18-17)8-11-7-12(16)6-10-4-5-19-15(10)11/h2-3,6-7,13,18H,4-5,8,17H2,1H3. The summed E-state index contributed by atoms with van der Waals surface area (Å²) in [6, 6.07) is 8.05. The summed E-state index contributed by atoms with van der Waals surface area (Å²) in [5.41, 5.74) is 5.22. The molecular weight excluding hydrogens is 320 g/mol. The lowest BCUT2D eigenvalue weighted by molar-refractivity contribution is 0.348. The van der Waals surface area contributed by atoms with Crippen molar-refractivity contribution in [2.45, 2.75) is 25.8 Å². The molecule has 0 saturated heterocycles. The number of hydrogen-bond acceptors (Lipinski definition) is 4. The lowest BCUT2D eigenvalue weighted by atomic mass is 10.0. The average Bonchev–Trinajstić information content (AvgIpc) is 3.04. The molecule has 0 amide bonds. The third-order valence-electron chi connectivity index (χ3n) is 3.56. The fraction of sp³-hybridized carbons (Fsp3) is 0.333. The normalized spacial score (nSPS) is 14.9. The summed E-state index contributed by atoms with van der Waals surface area (Å²) in [6.07, 6.45) is 1.69. The smallest absolute Gasteiger partial charge is 0.125 e. The van der Waals surface area contributed by atoms with E-state index in [1.807, 2.05) is 19.1 Å². The quantitative estimate of drug-likeness (QED) is 0.665. The summed E-state index contributed by atoms with van der Waals surface area (Å²) in [5, 5.41) is 0. The molecule has 0 spiro atoms. The Labute approximate surface area is 126 Å². The number of hydrogen-bond donors (Lipinski definition) is 2. The molecule has 0 aliphatic carbocycles. The lowest BCUT2D eigenvalue weighted by Gasteiger charge is -2.16. The van der Waals surface area contributed by atoms with Gasteiger partial charge in [-0.1, -0.05) is 15.9 Å². The first-order valence-electron chi connectivity index (χ1n) is 6.64. The minimum Gasteiger partial charge on any atom is -0.493 e. The number of nitrogens with one attached hydrogen (secondary N) is 1. The zero-order valence-electron chi connectivity index (χ0n) is 11.3. The van der Waals surface area contributed by atoms with Crippen molar-refractivity contribution in [3.63, 3.8) is 0 Å². The summed E-state index contributed by atoms with van der Waals surface area (Å²) < 4.78 is 12.5. The van der Waals surface area contributed by atoms with Crippen LogP contribution in [0.3, 0.4) is 0 Å². The van der Waals surface area contributed by atoms with E-state index in [0.717, 1.165) is 46.8 Å². The van der Waals surface area contributed by atoms with Gasteiger partial charge in [-0.2, -0.15) is 0 Å². The van der Waals surface area contributed by atoms with Crippen molar-refractivity contribution in [2.24, 2.45) is 5.84 Å². The summed E-state index contributed by atoms with van der Waals surface area (Å²) in [4.78, 5) is 0. The highest BCUT2D eigenvalue weighted by Crippen LogP contribution is 2.35. The van der Waals surface area contributed by atoms with Gasteiger partial charge in [0, 0.05) is 10.9 Å². The van der Waals surface area contributed by atoms with Crippen LogP contribution in [0.1, 0.15) is 28.7 Å². The molecule has 1 atom stereocenters. The second-order valence-electron chi connectivity index (χ2n) is 5.02. The van der Waals surface area contributed by atoms with E-state index < -0.39 is 0 Å². The molecule has 2 heterocycles. The topological polar surface area (TPSA) is 60.4 Å². The van der Waals surface area contributed by atoms with Crippen molar-refractivity contribution in [2.75, 3.05) is 6.61 Å². The van der Waals surface area contributed by atoms with E-state index >= 15 is 0 Å². The second-order valence-corrected chi connectivity index (χ2v) is 5.94. The first-order valence-corrected chi connectivity index (χ1v) is 7.43. The maximum atomic E-state index is 5.75. The number of aryl methyl sites for hydroxylation is 1. The molecule has 1 aliphatic heterocycles. The Hall–Kier alpha value is -1.30. The zero-order valence-corrected chi connectivity index (χ0v) is 12.9. The minimum atomic E-state index is -0.0636. The van der Waals surface area contributed by atoms with Crippen molar-refractivity contribution >= 4 is 15.9 Å². The Bertz CT molecular complexity index is 624. The molecule has 3 N–H and O–H groups in total. The van der Waals surface area contributed by atoms with Crippen molar-refractivity contribution in [1.82, 2.24) is 5.43 Å². The summed E-state index contributed by atoms with van der Waals surface area (Å²) >= 11 is 3.56. The molecule has 0 saturated carbocycles. The van der Waals surface area contributed by atoms with Crippen LogP contribution in [0.2, 0.25) is 0 Å². The summed E-state index contributed by atoms with van der Waals surface area (Å²) in [7, 11) is 0. The van der Waals surface area contributed by atoms with Crippen LogP contribution >= 0.6 is 15.9 Å². The number of ether oxygens (including phenoxy) is 1. The molecule has 5 heteroatoms. The molecule has 1 unspecified atom stereocenters. The van der Waals surface area contributed by atoms with E-state index in [2.05, 4.69) is 33.5 Å². The Morgan fingerprint density at radius 1 is 1.40 bits per heavy atom. The fourth-order valence-electron chi connectivity index (χ4n) is 2.60. The second kappa shape index (κ2) is 5.60. The summed E-state index contributed by atoms with van der Waals surface area (Å²) in [6.45, 7) is 2.68. The van der Waals surface area contributed by atoms with Crippen LogP contribution in [0.4, 0.5) is 0 Å². The van der Waals surface area contributed by atoms with Crippen LogP contribution in [0, 0.1) is 6.92 Å². The van der Waals surface area contributed by atoms with Gasteiger partial charge in [-0.05, 0) is 48.7 Å². The Balaban J connectivity index is 1.90. The monoisotopic (exact) mass is 336 g/mol. The van der Waals surface area contributed by atoms with Crippen LogP contribution in [0.25, 0.3) is 0 Å². The molecule has 106 valence electrons. The highest BCUT2D eigenvalue weighted by atomic mass is 79.9. The van der Waals surface area contributed by atoms with Crippen LogP contribution in [0.15, 0.2) is 33.2 Å². The van der Waals surface area contributed by atoms with Gasteiger partial charge in [0.2, 0.25) is 0 Å². The SMILES string of the molecule is Cc1ccc(C(Cc2cc(Br)cc3c2OCC3)NN)o1. The molecule has 1 aromatic heterocycles. The molecular formula is C15H17BrN2O2. The summed E-state index contributed by atoms with van der Waals surface area (Å²) in [5.74, 6) is 8.41. The molecule has 2 aromatic rings. The average molecular weight is 337 g/mol. The Kier molecular flexibility index (Phi) is 3.83. The van der Waals surface area contributed by atoms with E-state index in [0.29, 0.717) is 0 Å². The van der Waals surface area contributed by atoms with Crippen LogP contribution in [-0.4, -0.2) is 6.61 Å². The highest BCUT2D eigenvalue weighted by molar-refractivity contribution is 9.10. The van der Waals surface area contributed by atoms with Gasteiger partial charge in [0.05, 0.1) is 12.6 Å². The number of nitrogens with two attached hydrogens (primary N) is 1. The molecule has 0 radical (unpaired) electrons. The number of fused-ring (bicyclic) bond motifs is 1. The molecule has 3 rings (SSSR count). The van der Waals surface area contributed by atoms with Gasteiger partial charge >= 0.3 is 0 Å². The highest BCUT2D eigenvalue weighted by Gasteiger charge is 2.22. The van der Waals surface area contributed by atoms with Gasteiger partial charge in [-0.15, -0.1) is 0 Å². The van der Waals surface area contributed by atoms with Crippen LogP contribution < -0.4 is 16.0 Å². The van der Waals surface area contributed by atoms with Gasteiger partial charge < -0.3 is 9.15 Å².